The molecule has 1 N–H and O–H groups in total. The van der Waals surface area contributed by atoms with Crippen molar-refractivity contribution in [1.82, 2.24) is 15.1 Å². The Morgan fingerprint density at radius 3 is 2.42 bits per heavy atom. The Morgan fingerprint density at radius 1 is 1.05 bits per heavy atom. The molecule has 2 fully saturated rings. The van der Waals surface area contributed by atoms with Gasteiger partial charge >= 0.3 is 0 Å². The minimum Gasteiger partial charge on any atom is -0.366 e. The van der Waals surface area contributed by atoms with Gasteiger partial charge in [-0.3, -0.25) is 0 Å². The van der Waals surface area contributed by atoms with Crippen LogP contribution in [0.5, 0.6) is 0 Å². The Labute approximate surface area is 123 Å². The predicted molar refractivity (Wildman–Crippen MR) is 85.5 cm³/mol. The van der Waals surface area contributed by atoms with Crippen LogP contribution in [0.25, 0.3) is 0 Å². The van der Waals surface area contributed by atoms with Crippen LogP contribution in [0, 0.1) is 0 Å². The molecule has 0 saturated carbocycles. The van der Waals surface area contributed by atoms with E-state index in [1.54, 1.807) is 0 Å². The number of nitrogens with zero attached hydrogens (tertiary/aromatic N) is 2. The Morgan fingerprint density at radius 2 is 1.74 bits per heavy atom. The van der Waals surface area contributed by atoms with Crippen molar-refractivity contribution < 1.29 is 0 Å². The van der Waals surface area contributed by atoms with Gasteiger partial charge in [-0.05, 0) is 63.8 Å². The Kier molecular flexibility index (Phi) is 6.38. The third-order valence-electron chi connectivity index (χ3n) is 4.58. The molecule has 2 aliphatic rings. The fourth-order valence-electron chi connectivity index (χ4n) is 3.40. The van der Waals surface area contributed by atoms with Crippen LogP contribution in [-0.4, -0.2) is 54.2 Å². The molecule has 2 rings (SSSR count). The van der Waals surface area contributed by atoms with Crippen molar-refractivity contribution in [2.75, 3.05) is 33.2 Å². The summed E-state index contributed by atoms with van der Waals surface area (Å²) < 4.78 is 0. The van der Waals surface area contributed by atoms with Gasteiger partial charge < -0.3 is 15.1 Å². The van der Waals surface area contributed by atoms with Crippen LogP contribution in [0.15, 0.2) is 0 Å². The molecule has 0 bridgehead atoms. The Hall–Kier alpha value is -0.350. The van der Waals surface area contributed by atoms with E-state index in [-0.39, 0.29) is 0 Å². The molecule has 0 aliphatic carbocycles. The molecule has 0 amide bonds. The number of hydrogen-bond acceptors (Lipinski definition) is 2. The zero-order valence-electron chi connectivity index (χ0n) is 12.4. The van der Waals surface area contributed by atoms with E-state index in [1.165, 1.54) is 71.0 Å². The molecule has 0 aromatic carbocycles. The fraction of sp³-hybridized carbons (Fsp3) is 0.933. The average molecular weight is 283 g/mol. The lowest BCUT2D eigenvalue weighted by atomic mass is 9.99. The van der Waals surface area contributed by atoms with E-state index in [1.807, 2.05) is 7.05 Å². The highest BCUT2D eigenvalue weighted by molar-refractivity contribution is 7.80. The summed E-state index contributed by atoms with van der Waals surface area (Å²) in [5.74, 6) is 0. The maximum Gasteiger partial charge on any atom is 0.168 e. The van der Waals surface area contributed by atoms with Gasteiger partial charge in [0.25, 0.3) is 0 Å². The molecular formula is C15H29N3S. The van der Waals surface area contributed by atoms with Gasteiger partial charge in [0.1, 0.15) is 0 Å². The first-order chi connectivity index (χ1) is 9.31. The first kappa shape index (κ1) is 15.0. The molecule has 0 radical (unpaired) electrons. The summed E-state index contributed by atoms with van der Waals surface area (Å²) in [6.07, 6.45) is 10.9. The van der Waals surface area contributed by atoms with Crippen molar-refractivity contribution in [2.45, 2.75) is 57.4 Å². The van der Waals surface area contributed by atoms with Crippen LogP contribution >= 0.6 is 12.2 Å². The van der Waals surface area contributed by atoms with E-state index < -0.39 is 0 Å². The summed E-state index contributed by atoms with van der Waals surface area (Å²) in [6, 6.07) is 0.664. The second kappa shape index (κ2) is 8.05. The summed E-state index contributed by atoms with van der Waals surface area (Å²) in [6.45, 7) is 5.02. The van der Waals surface area contributed by atoms with Gasteiger partial charge in [-0.25, -0.2) is 0 Å². The number of hydrogen-bond donors (Lipinski definition) is 1. The summed E-state index contributed by atoms with van der Waals surface area (Å²) in [5, 5.41) is 4.10. The predicted octanol–water partition coefficient (Wildman–Crippen LogP) is 2.61. The second-order valence-corrected chi connectivity index (χ2v) is 6.33. The maximum atomic E-state index is 5.45. The highest BCUT2D eigenvalue weighted by Crippen LogP contribution is 2.21. The normalized spacial score (nSPS) is 25.9. The number of thiocarbonyl (C=S) groups is 1. The summed E-state index contributed by atoms with van der Waals surface area (Å²) in [5.41, 5.74) is 0. The molecule has 2 heterocycles. The van der Waals surface area contributed by atoms with E-state index in [2.05, 4.69) is 15.1 Å². The number of rotatable bonds is 3. The lowest BCUT2D eigenvalue weighted by Gasteiger charge is -2.38. The van der Waals surface area contributed by atoms with Gasteiger partial charge in [0.15, 0.2) is 5.11 Å². The van der Waals surface area contributed by atoms with Crippen LogP contribution in [0.3, 0.4) is 0 Å². The van der Waals surface area contributed by atoms with Crippen molar-refractivity contribution in [3.05, 3.63) is 0 Å². The van der Waals surface area contributed by atoms with Crippen LogP contribution in [0.1, 0.15) is 51.4 Å². The van der Waals surface area contributed by atoms with Crippen molar-refractivity contribution >= 4 is 17.3 Å². The molecule has 0 aromatic rings. The van der Waals surface area contributed by atoms with Crippen LogP contribution in [-0.2, 0) is 0 Å². The van der Waals surface area contributed by atoms with Crippen molar-refractivity contribution in [1.29, 1.82) is 0 Å². The highest BCUT2D eigenvalue weighted by Gasteiger charge is 2.24. The molecule has 1 unspecified atom stereocenters. The standard InChI is InChI=1S/C15H29N3S/c1-16-15(19)18-12-7-4-8-14(18)9-13-17-10-5-2-3-6-11-17/h14H,2-13H2,1H3,(H,16,19). The topological polar surface area (TPSA) is 18.5 Å². The quantitative estimate of drug-likeness (QED) is 0.802. The van der Waals surface area contributed by atoms with Gasteiger partial charge in [-0.1, -0.05) is 12.8 Å². The van der Waals surface area contributed by atoms with E-state index in [0.29, 0.717) is 6.04 Å². The Balaban J connectivity index is 1.80. The van der Waals surface area contributed by atoms with Crippen molar-refractivity contribution in [3.63, 3.8) is 0 Å². The van der Waals surface area contributed by atoms with E-state index >= 15 is 0 Å². The molecule has 2 saturated heterocycles. The first-order valence-electron chi connectivity index (χ1n) is 8.02. The number of likely N-dealkylation sites (tertiary alicyclic amines) is 2. The van der Waals surface area contributed by atoms with Gasteiger partial charge in [-0.15, -0.1) is 0 Å². The monoisotopic (exact) mass is 283 g/mol. The van der Waals surface area contributed by atoms with Gasteiger partial charge in [0.05, 0.1) is 0 Å². The van der Waals surface area contributed by atoms with Crippen LogP contribution in [0.4, 0.5) is 0 Å². The minimum atomic E-state index is 0.664. The fourth-order valence-corrected chi connectivity index (χ4v) is 3.64. The zero-order chi connectivity index (χ0) is 13.5. The molecule has 110 valence electrons. The van der Waals surface area contributed by atoms with E-state index in [4.69, 9.17) is 12.2 Å². The molecule has 3 nitrogen and oxygen atoms in total. The summed E-state index contributed by atoms with van der Waals surface area (Å²) in [4.78, 5) is 5.10. The number of piperidine rings is 1. The molecule has 4 heteroatoms. The minimum absolute atomic E-state index is 0.664. The van der Waals surface area contributed by atoms with Gasteiger partial charge in [0.2, 0.25) is 0 Å². The summed E-state index contributed by atoms with van der Waals surface area (Å²) in [7, 11) is 1.95. The zero-order valence-corrected chi connectivity index (χ0v) is 13.2. The van der Waals surface area contributed by atoms with Crippen LogP contribution in [0.2, 0.25) is 0 Å². The smallest absolute Gasteiger partial charge is 0.168 e. The molecular weight excluding hydrogens is 254 g/mol. The molecule has 1 atom stereocenters. The lowest BCUT2D eigenvalue weighted by Crippen LogP contribution is -2.48. The molecule has 19 heavy (non-hydrogen) atoms. The van der Waals surface area contributed by atoms with Crippen molar-refractivity contribution in [3.8, 4) is 0 Å². The third kappa shape index (κ3) is 4.60. The molecule has 0 aromatic heterocycles. The van der Waals surface area contributed by atoms with Gasteiger partial charge in [-0.2, -0.15) is 0 Å². The lowest BCUT2D eigenvalue weighted by molar-refractivity contribution is 0.192. The molecule has 2 aliphatic heterocycles. The third-order valence-corrected chi connectivity index (χ3v) is 5.02. The first-order valence-corrected chi connectivity index (χ1v) is 8.43. The average Bonchev–Trinajstić information content (AvgIpc) is 2.73. The number of nitrogens with one attached hydrogen (secondary N) is 1. The molecule has 0 spiro atoms. The Bertz CT molecular complexity index is 275. The highest BCUT2D eigenvalue weighted by atomic mass is 32.1. The SMILES string of the molecule is CNC(=S)N1CCCCC1CCN1CCCCCC1. The maximum absolute atomic E-state index is 5.45. The van der Waals surface area contributed by atoms with Crippen LogP contribution < -0.4 is 5.32 Å². The summed E-state index contributed by atoms with van der Waals surface area (Å²) >= 11 is 5.45. The van der Waals surface area contributed by atoms with Gasteiger partial charge in [0, 0.05) is 26.2 Å². The second-order valence-electron chi connectivity index (χ2n) is 5.94. The largest absolute Gasteiger partial charge is 0.366 e. The van der Waals surface area contributed by atoms with Crippen molar-refractivity contribution in [2.24, 2.45) is 0 Å². The van der Waals surface area contributed by atoms with E-state index in [0.717, 1.165) is 11.7 Å². The van der Waals surface area contributed by atoms with E-state index in [9.17, 15) is 0 Å².